The molecule has 0 bridgehead atoms. The number of aromatic nitrogens is 2. The van der Waals surface area contributed by atoms with E-state index < -0.39 is 5.97 Å². The van der Waals surface area contributed by atoms with E-state index in [9.17, 15) is 4.79 Å². The van der Waals surface area contributed by atoms with E-state index in [0.717, 1.165) is 34.6 Å². The maximum Gasteiger partial charge on any atom is 0.304 e. The molecule has 0 unspecified atom stereocenters. The second-order valence-corrected chi connectivity index (χ2v) is 5.29. The zero-order valence-corrected chi connectivity index (χ0v) is 11.6. The van der Waals surface area contributed by atoms with Crippen molar-refractivity contribution in [3.05, 3.63) is 30.1 Å². The van der Waals surface area contributed by atoms with Gasteiger partial charge in [-0.15, -0.1) is 11.8 Å². The number of rotatable bonds is 6. The van der Waals surface area contributed by atoms with Gasteiger partial charge in [0.2, 0.25) is 0 Å². The molecule has 2 aromatic rings. The number of benzene rings is 1. The Morgan fingerprint density at radius 1 is 1.32 bits per heavy atom. The van der Waals surface area contributed by atoms with E-state index >= 15 is 0 Å². The average Bonchev–Trinajstić information content (AvgIpc) is 2.38. The number of hydrogen-bond acceptors (Lipinski definition) is 4. The van der Waals surface area contributed by atoms with Crippen molar-refractivity contribution in [3.8, 4) is 0 Å². The van der Waals surface area contributed by atoms with E-state index in [-0.39, 0.29) is 6.42 Å². The van der Waals surface area contributed by atoms with Gasteiger partial charge in [0, 0.05) is 17.6 Å². The van der Waals surface area contributed by atoms with Crippen LogP contribution in [0.25, 0.3) is 10.9 Å². The van der Waals surface area contributed by atoms with Crippen LogP contribution in [-0.4, -0.2) is 26.8 Å². The molecule has 100 valence electrons. The fraction of sp³-hybridized carbons (Fsp3) is 0.357. The van der Waals surface area contributed by atoms with Crippen molar-refractivity contribution >= 4 is 28.6 Å². The molecule has 1 N–H and O–H groups in total. The van der Waals surface area contributed by atoms with Gasteiger partial charge in [-0.1, -0.05) is 25.1 Å². The summed E-state index contributed by atoms with van der Waals surface area (Å²) in [6.45, 7) is 2.09. The van der Waals surface area contributed by atoms with E-state index in [4.69, 9.17) is 5.11 Å². The van der Waals surface area contributed by atoms with Gasteiger partial charge in [-0.25, -0.2) is 9.97 Å². The monoisotopic (exact) mass is 276 g/mol. The Labute approximate surface area is 116 Å². The van der Waals surface area contributed by atoms with E-state index in [0.29, 0.717) is 5.75 Å². The van der Waals surface area contributed by atoms with Crippen LogP contribution in [0.5, 0.6) is 0 Å². The van der Waals surface area contributed by atoms with Gasteiger partial charge in [0.05, 0.1) is 11.9 Å². The molecule has 2 rings (SSSR count). The van der Waals surface area contributed by atoms with Gasteiger partial charge in [-0.05, 0) is 12.5 Å². The highest BCUT2D eigenvalue weighted by Gasteiger charge is 2.08. The molecule has 0 aliphatic carbocycles. The number of aryl methyl sites for hydroxylation is 1. The Morgan fingerprint density at radius 3 is 2.84 bits per heavy atom. The molecule has 0 saturated heterocycles. The summed E-state index contributed by atoms with van der Waals surface area (Å²) in [6.07, 6.45) is 1.99. The number of fused-ring (bicyclic) bond motifs is 1. The van der Waals surface area contributed by atoms with Crippen molar-refractivity contribution in [2.24, 2.45) is 0 Å². The molecule has 0 saturated carbocycles. The molecule has 0 aliphatic rings. The first kappa shape index (κ1) is 13.8. The molecule has 0 atom stereocenters. The fourth-order valence-electron chi connectivity index (χ4n) is 1.77. The van der Waals surface area contributed by atoms with Gasteiger partial charge < -0.3 is 5.11 Å². The van der Waals surface area contributed by atoms with Crippen LogP contribution in [0.2, 0.25) is 0 Å². The highest BCUT2D eigenvalue weighted by molar-refractivity contribution is 7.99. The third kappa shape index (κ3) is 3.67. The lowest BCUT2D eigenvalue weighted by Crippen LogP contribution is -2.00. The lowest BCUT2D eigenvalue weighted by molar-refractivity contribution is -0.136. The third-order valence-corrected chi connectivity index (χ3v) is 3.64. The van der Waals surface area contributed by atoms with Crippen LogP contribution in [0, 0.1) is 0 Å². The molecule has 5 heteroatoms. The first-order valence-electron chi connectivity index (χ1n) is 6.31. The fourth-order valence-corrected chi connectivity index (χ4v) is 2.74. The van der Waals surface area contributed by atoms with Crippen LogP contribution >= 0.6 is 11.8 Å². The van der Waals surface area contributed by atoms with Crippen molar-refractivity contribution in [3.63, 3.8) is 0 Å². The van der Waals surface area contributed by atoms with Gasteiger partial charge in [-0.3, -0.25) is 4.79 Å². The maximum absolute atomic E-state index is 10.6. The van der Waals surface area contributed by atoms with Crippen molar-refractivity contribution in [1.82, 2.24) is 9.97 Å². The number of para-hydroxylation sites is 1. The summed E-state index contributed by atoms with van der Waals surface area (Å²) in [5.41, 5.74) is 0.929. The number of nitrogens with zero attached hydrogens (tertiary/aromatic N) is 2. The Hall–Kier alpha value is -1.62. The Morgan fingerprint density at radius 2 is 2.11 bits per heavy atom. The second kappa shape index (κ2) is 6.52. The quantitative estimate of drug-likeness (QED) is 0.648. The van der Waals surface area contributed by atoms with Crippen LogP contribution < -0.4 is 0 Å². The van der Waals surface area contributed by atoms with Crippen LogP contribution in [-0.2, 0) is 11.2 Å². The van der Waals surface area contributed by atoms with Crippen LogP contribution in [0.1, 0.15) is 25.6 Å². The van der Waals surface area contributed by atoms with Crippen molar-refractivity contribution in [2.75, 3.05) is 5.75 Å². The lowest BCUT2D eigenvalue weighted by Gasteiger charge is -2.07. The molecule has 0 spiro atoms. The zero-order valence-electron chi connectivity index (χ0n) is 10.8. The Balaban J connectivity index is 2.30. The highest BCUT2D eigenvalue weighted by atomic mass is 32.2. The highest BCUT2D eigenvalue weighted by Crippen LogP contribution is 2.25. The maximum atomic E-state index is 10.6. The van der Waals surface area contributed by atoms with Crippen molar-refractivity contribution in [1.29, 1.82) is 0 Å². The van der Waals surface area contributed by atoms with Gasteiger partial charge in [0.15, 0.2) is 0 Å². The largest absolute Gasteiger partial charge is 0.481 e. The van der Waals surface area contributed by atoms with E-state index in [2.05, 4.69) is 16.9 Å². The molecule has 19 heavy (non-hydrogen) atoms. The molecule has 4 nitrogen and oxygen atoms in total. The minimum absolute atomic E-state index is 0.145. The van der Waals surface area contributed by atoms with Crippen LogP contribution in [0.4, 0.5) is 0 Å². The predicted molar refractivity (Wildman–Crippen MR) is 76.5 cm³/mol. The summed E-state index contributed by atoms with van der Waals surface area (Å²) in [5, 5.41) is 10.6. The summed E-state index contributed by atoms with van der Waals surface area (Å²) >= 11 is 1.49. The van der Waals surface area contributed by atoms with Crippen LogP contribution in [0.15, 0.2) is 29.3 Å². The first-order valence-corrected chi connectivity index (χ1v) is 7.29. The minimum Gasteiger partial charge on any atom is -0.481 e. The molecule has 0 amide bonds. The first-order chi connectivity index (χ1) is 9.20. The SMILES string of the molecule is CCCc1nc(SCCC(=O)O)c2ccccc2n1. The number of carboxylic acid groups (broad SMARTS) is 1. The summed E-state index contributed by atoms with van der Waals surface area (Å²) in [7, 11) is 0. The summed E-state index contributed by atoms with van der Waals surface area (Å²) < 4.78 is 0. The summed E-state index contributed by atoms with van der Waals surface area (Å²) in [5.74, 6) is 0.584. The Bertz CT molecular complexity index is 587. The molecular weight excluding hydrogens is 260 g/mol. The van der Waals surface area contributed by atoms with Crippen molar-refractivity contribution in [2.45, 2.75) is 31.2 Å². The molecule has 0 radical (unpaired) electrons. The molecular formula is C14H16N2O2S. The smallest absolute Gasteiger partial charge is 0.304 e. The minimum atomic E-state index is -0.778. The van der Waals surface area contributed by atoms with Gasteiger partial charge in [-0.2, -0.15) is 0 Å². The average molecular weight is 276 g/mol. The number of carbonyl (C=O) groups is 1. The van der Waals surface area contributed by atoms with E-state index in [1.807, 2.05) is 24.3 Å². The van der Waals surface area contributed by atoms with Crippen molar-refractivity contribution < 1.29 is 9.90 Å². The number of hydrogen-bond donors (Lipinski definition) is 1. The second-order valence-electron chi connectivity index (χ2n) is 4.20. The van der Waals surface area contributed by atoms with E-state index in [1.54, 1.807) is 0 Å². The van der Waals surface area contributed by atoms with E-state index in [1.165, 1.54) is 11.8 Å². The molecule has 1 aromatic heterocycles. The Kier molecular flexibility index (Phi) is 4.74. The number of aliphatic carboxylic acids is 1. The standard InChI is InChI=1S/C14H16N2O2S/c1-2-5-12-15-11-7-4-3-6-10(11)14(16-12)19-9-8-13(17)18/h3-4,6-7H,2,5,8-9H2,1H3,(H,17,18). The molecule has 1 aromatic carbocycles. The number of carboxylic acids is 1. The summed E-state index contributed by atoms with van der Waals surface area (Å²) in [6, 6.07) is 7.86. The molecule has 0 fully saturated rings. The zero-order chi connectivity index (χ0) is 13.7. The normalized spacial score (nSPS) is 10.8. The predicted octanol–water partition coefficient (Wildman–Crippen LogP) is 3.15. The molecule has 0 aliphatic heterocycles. The number of thioether (sulfide) groups is 1. The summed E-state index contributed by atoms with van der Waals surface area (Å²) in [4.78, 5) is 19.7. The van der Waals surface area contributed by atoms with Gasteiger partial charge in [0.1, 0.15) is 10.9 Å². The third-order valence-electron chi connectivity index (χ3n) is 2.64. The van der Waals surface area contributed by atoms with Crippen LogP contribution in [0.3, 0.4) is 0 Å². The lowest BCUT2D eigenvalue weighted by atomic mass is 10.2. The topological polar surface area (TPSA) is 63.1 Å². The van der Waals surface area contributed by atoms with Gasteiger partial charge >= 0.3 is 5.97 Å². The van der Waals surface area contributed by atoms with Gasteiger partial charge in [0.25, 0.3) is 0 Å². The molecule has 1 heterocycles.